The topological polar surface area (TPSA) is 100 Å². The maximum Gasteiger partial charge on any atom is 0.258 e. The van der Waals surface area contributed by atoms with Crippen LogP contribution in [0, 0.1) is 0 Å². The van der Waals surface area contributed by atoms with Crippen molar-refractivity contribution in [3.63, 3.8) is 0 Å². The Balaban J connectivity index is 1.29. The Morgan fingerprint density at radius 1 is 0.792 bits per heavy atom. The van der Waals surface area contributed by atoms with Crippen molar-refractivity contribution in [2.24, 2.45) is 0 Å². The summed E-state index contributed by atoms with van der Waals surface area (Å²) in [6, 6.07) is 31.4. The molecule has 1 atom stereocenters. The molecule has 0 fully saturated rings. The van der Waals surface area contributed by atoms with Crippen molar-refractivity contribution in [1.29, 1.82) is 0 Å². The van der Waals surface area contributed by atoms with Gasteiger partial charge in [0.1, 0.15) is 6.04 Å². The summed E-state index contributed by atoms with van der Waals surface area (Å²) in [6.45, 7) is 9.19. The van der Waals surface area contributed by atoms with Crippen LogP contribution in [0.15, 0.2) is 109 Å². The van der Waals surface area contributed by atoms with E-state index in [1.165, 1.54) is 16.9 Å². The highest BCUT2D eigenvalue weighted by Crippen LogP contribution is 2.30. The van der Waals surface area contributed by atoms with Gasteiger partial charge in [-0.3, -0.25) is 19.7 Å². The van der Waals surface area contributed by atoms with Gasteiger partial charge in [0.15, 0.2) is 5.13 Å². The lowest BCUT2D eigenvalue weighted by Crippen LogP contribution is -2.40. The van der Waals surface area contributed by atoms with Crippen molar-refractivity contribution < 1.29 is 14.4 Å². The quantitative estimate of drug-likeness (QED) is 0.117. The molecule has 0 radical (unpaired) electrons. The number of unbranched alkanes of at least 4 members (excludes halogenated alkanes) is 2. The zero-order valence-corrected chi connectivity index (χ0v) is 28.7. The van der Waals surface area contributed by atoms with Crippen molar-refractivity contribution in [1.82, 2.24) is 15.6 Å². The van der Waals surface area contributed by atoms with Gasteiger partial charge in [-0.2, -0.15) is 0 Å². The minimum atomic E-state index is -0.829. The number of benzene rings is 4. The lowest BCUT2D eigenvalue weighted by atomic mass is 9.86. The molecular weight excluding hydrogens is 617 g/mol. The fourth-order valence-corrected chi connectivity index (χ4v) is 6.09. The smallest absolute Gasteiger partial charge is 0.258 e. The van der Waals surface area contributed by atoms with Crippen LogP contribution in [0.25, 0.3) is 22.4 Å². The standard InChI is InChI=1S/C40H42N4O3S/c1-5-6-12-24-41-38(47)35(28-14-8-7-9-15-28)43-36(45)30-17-13-16-29(25-30)34-26-48-39(42-34)44-37(46)33-19-11-10-18-32(33)27-20-22-31(23-21-27)40(2,3)4/h7-11,13-23,25-26,35H,5-6,12,24H2,1-4H3,(H,41,47)(H,43,45)(H,42,44,46)/t35-/m0/s1. The van der Waals surface area contributed by atoms with E-state index >= 15 is 0 Å². The Morgan fingerprint density at radius 3 is 2.25 bits per heavy atom. The molecule has 0 aliphatic heterocycles. The van der Waals surface area contributed by atoms with Crippen LogP contribution in [-0.4, -0.2) is 29.3 Å². The minimum Gasteiger partial charge on any atom is -0.354 e. The Hall–Kier alpha value is -5.08. The number of nitrogens with one attached hydrogen (secondary N) is 3. The second kappa shape index (κ2) is 15.7. The molecule has 246 valence electrons. The zero-order valence-electron chi connectivity index (χ0n) is 27.9. The highest BCUT2D eigenvalue weighted by molar-refractivity contribution is 7.14. The van der Waals surface area contributed by atoms with Gasteiger partial charge in [-0.1, -0.05) is 125 Å². The molecule has 1 aromatic heterocycles. The predicted molar refractivity (Wildman–Crippen MR) is 195 cm³/mol. The van der Waals surface area contributed by atoms with Crippen molar-refractivity contribution in [3.05, 3.63) is 131 Å². The molecule has 3 N–H and O–H groups in total. The van der Waals surface area contributed by atoms with E-state index in [4.69, 9.17) is 0 Å². The van der Waals surface area contributed by atoms with Crippen LogP contribution >= 0.6 is 11.3 Å². The van der Waals surface area contributed by atoms with Crippen LogP contribution < -0.4 is 16.0 Å². The molecular formula is C40H42N4O3S. The maximum atomic E-state index is 13.5. The molecule has 0 bridgehead atoms. The Labute approximate surface area is 286 Å². The van der Waals surface area contributed by atoms with E-state index in [0.29, 0.717) is 34.1 Å². The van der Waals surface area contributed by atoms with Crippen LogP contribution in [-0.2, 0) is 10.2 Å². The van der Waals surface area contributed by atoms with Crippen molar-refractivity contribution in [2.75, 3.05) is 11.9 Å². The van der Waals surface area contributed by atoms with Crippen molar-refractivity contribution in [2.45, 2.75) is 58.4 Å². The van der Waals surface area contributed by atoms with E-state index in [2.05, 4.69) is 72.9 Å². The summed E-state index contributed by atoms with van der Waals surface area (Å²) in [5.74, 6) is -0.866. The maximum absolute atomic E-state index is 13.5. The van der Waals surface area contributed by atoms with Gasteiger partial charge in [0.05, 0.1) is 5.69 Å². The van der Waals surface area contributed by atoms with E-state index in [-0.39, 0.29) is 23.1 Å². The van der Waals surface area contributed by atoms with Crippen LogP contribution in [0.2, 0.25) is 0 Å². The first-order chi connectivity index (χ1) is 23.1. The summed E-state index contributed by atoms with van der Waals surface area (Å²) in [4.78, 5) is 44.7. The second-order valence-electron chi connectivity index (χ2n) is 12.8. The predicted octanol–water partition coefficient (Wildman–Crippen LogP) is 8.80. The third-order valence-electron chi connectivity index (χ3n) is 8.13. The summed E-state index contributed by atoms with van der Waals surface area (Å²) in [5, 5.41) is 11.1. The largest absolute Gasteiger partial charge is 0.354 e. The molecule has 5 aromatic rings. The van der Waals surface area contributed by atoms with E-state index in [1.807, 2.05) is 66.0 Å². The van der Waals surface area contributed by atoms with Crippen molar-refractivity contribution >= 4 is 34.2 Å². The molecule has 0 saturated carbocycles. The zero-order chi connectivity index (χ0) is 34.1. The van der Waals surface area contributed by atoms with E-state index in [1.54, 1.807) is 18.2 Å². The number of carbonyl (C=O) groups is 3. The minimum absolute atomic E-state index is 0.0376. The summed E-state index contributed by atoms with van der Waals surface area (Å²) in [7, 11) is 0. The molecule has 8 heteroatoms. The molecule has 0 aliphatic rings. The van der Waals surface area contributed by atoms with Gasteiger partial charge >= 0.3 is 0 Å². The lowest BCUT2D eigenvalue weighted by Gasteiger charge is -2.19. The van der Waals surface area contributed by atoms with E-state index in [9.17, 15) is 14.4 Å². The number of nitrogens with zero attached hydrogens (tertiary/aromatic N) is 1. The first-order valence-electron chi connectivity index (χ1n) is 16.3. The number of hydrogen-bond acceptors (Lipinski definition) is 5. The van der Waals surface area contributed by atoms with Crippen LogP contribution in [0.4, 0.5) is 5.13 Å². The first-order valence-corrected chi connectivity index (χ1v) is 17.2. The molecule has 0 aliphatic carbocycles. The van der Waals surface area contributed by atoms with Crippen LogP contribution in [0.5, 0.6) is 0 Å². The normalized spacial score (nSPS) is 11.8. The van der Waals surface area contributed by atoms with Gasteiger partial charge in [-0.05, 0) is 52.3 Å². The summed E-state index contributed by atoms with van der Waals surface area (Å²) in [5.41, 5.74) is 6.08. The Kier molecular flexibility index (Phi) is 11.2. The number of amides is 3. The molecule has 1 heterocycles. The molecule has 7 nitrogen and oxygen atoms in total. The molecule has 4 aromatic carbocycles. The molecule has 3 amide bonds. The number of carbonyl (C=O) groups excluding carboxylic acids is 3. The number of aromatic nitrogens is 1. The van der Waals surface area contributed by atoms with Crippen LogP contribution in [0.3, 0.4) is 0 Å². The SMILES string of the molecule is CCCCCNC(=O)[C@@H](NC(=O)c1cccc(-c2csc(NC(=O)c3ccccc3-c3ccc(C(C)(C)C)cc3)n2)c1)c1ccccc1. The highest BCUT2D eigenvalue weighted by atomic mass is 32.1. The van der Waals surface area contributed by atoms with E-state index < -0.39 is 6.04 Å². The van der Waals surface area contributed by atoms with Gasteiger partial charge in [0.2, 0.25) is 5.91 Å². The van der Waals surface area contributed by atoms with Gasteiger partial charge in [-0.25, -0.2) is 4.98 Å². The number of thiazole rings is 1. The second-order valence-corrected chi connectivity index (χ2v) is 13.6. The monoisotopic (exact) mass is 658 g/mol. The summed E-state index contributed by atoms with van der Waals surface area (Å²) in [6.07, 6.45) is 2.96. The summed E-state index contributed by atoms with van der Waals surface area (Å²) >= 11 is 1.31. The highest BCUT2D eigenvalue weighted by Gasteiger charge is 2.23. The fourth-order valence-electron chi connectivity index (χ4n) is 5.38. The number of hydrogen-bond donors (Lipinski definition) is 3. The third-order valence-corrected chi connectivity index (χ3v) is 8.89. The molecule has 5 rings (SSSR count). The van der Waals surface area contributed by atoms with E-state index in [0.717, 1.165) is 36.0 Å². The molecule has 48 heavy (non-hydrogen) atoms. The average Bonchev–Trinajstić information content (AvgIpc) is 3.57. The molecule has 0 saturated heterocycles. The number of rotatable bonds is 12. The number of anilines is 1. The van der Waals surface area contributed by atoms with Crippen molar-refractivity contribution in [3.8, 4) is 22.4 Å². The average molecular weight is 659 g/mol. The van der Waals surface area contributed by atoms with Gasteiger partial charge in [0, 0.05) is 28.6 Å². The fraction of sp³-hybridized carbons (Fsp3) is 0.250. The van der Waals surface area contributed by atoms with Gasteiger partial charge in [-0.15, -0.1) is 11.3 Å². The third kappa shape index (κ3) is 8.63. The summed E-state index contributed by atoms with van der Waals surface area (Å²) < 4.78 is 0. The Bertz CT molecular complexity index is 1860. The first kappa shape index (κ1) is 34.3. The van der Waals surface area contributed by atoms with Crippen LogP contribution in [0.1, 0.15) is 84.8 Å². The Morgan fingerprint density at radius 2 is 1.52 bits per heavy atom. The van der Waals surface area contributed by atoms with Gasteiger partial charge in [0.25, 0.3) is 11.8 Å². The molecule has 0 unspecified atom stereocenters. The lowest BCUT2D eigenvalue weighted by molar-refractivity contribution is -0.123. The van der Waals surface area contributed by atoms with Gasteiger partial charge < -0.3 is 10.6 Å². The molecule has 0 spiro atoms.